The van der Waals surface area contributed by atoms with Crippen LogP contribution in [0.5, 0.6) is 0 Å². The van der Waals surface area contributed by atoms with Crippen molar-refractivity contribution in [2.45, 2.75) is 25.8 Å². The molecule has 5 rings (SSSR count). The fraction of sp³-hybridized carbons (Fsp3) is 0.174. The Labute approximate surface area is 200 Å². The molecule has 8 nitrogen and oxygen atoms in total. The average molecular weight is 559 g/mol. The molecule has 1 aliphatic carbocycles. The number of nitrogens with two attached hydrogens (primary N) is 1. The lowest BCUT2D eigenvalue weighted by molar-refractivity contribution is 0.630. The molecule has 1 aliphatic rings. The Kier molecular flexibility index (Phi) is 5.11. The highest BCUT2D eigenvalue weighted by molar-refractivity contribution is 14.1. The summed E-state index contributed by atoms with van der Waals surface area (Å²) in [4.78, 5) is 42.6. The molecule has 4 aromatic rings. The van der Waals surface area contributed by atoms with E-state index < -0.39 is 22.6 Å². The topological polar surface area (TPSA) is 115 Å². The zero-order valence-corrected chi connectivity index (χ0v) is 19.6. The van der Waals surface area contributed by atoms with Crippen molar-refractivity contribution in [3.63, 3.8) is 0 Å². The van der Waals surface area contributed by atoms with Crippen molar-refractivity contribution in [1.82, 2.24) is 14.1 Å². The Morgan fingerprint density at radius 1 is 1.15 bits per heavy atom. The quantitative estimate of drug-likeness (QED) is 0.262. The molecule has 1 saturated carbocycles. The third-order valence-corrected chi connectivity index (χ3v) is 6.38. The van der Waals surface area contributed by atoms with Crippen LogP contribution in [0.15, 0.2) is 56.8 Å². The smallest absolute Gasteiger partial charge is 0.336 e. The second-order valence-corrected chi connectivity index (χ2v) is 9.29. The summed E-state index contributed by atoms with van der Waals surface area (Å²) in [5.41, 5.74) is 5.67. The lowest BCUT2D eigenvalue weighted by atomic mass is 10.1. The van der Waals surface area contributed by atoms with Gasteiger partial charge in [0.1, 0.15) is 17.0 Å². The summed E-state index contributed by atoms with van der Waals surface area (Å²) in [7, 11) is 0. The molecule has 2 aromatic heterocycles. The third-order valence-electron chi connectivity index (χ3n) is 5.71. The Bertz CT molecular complexity index is 1620. The van der Waals surface area contributed by atoms with E-state index in [2.05, 4.69) is 10.3 Å². The monoisotopic (exact) mass is 559 g/mol. The van der Waals surface area contributed by atoms with E-state index in [9.17, 15) is 18.8 Å². The number of halogens is 2. The number of nitrogens with zero attached hydrogens (tertiary/aromatic N) is 2. The standard InChI is InChI=1S/C23H19FIN5O3/c1-11-19-18(20(28-21(11)31)27-17-8-5-12(25)9-16(17)24)22(32)30(14-6-7-14)23(33)29(19)15-4-2-3-13(26)10-15/h2-5,8-10,14H,6-7,26H2,1H3,(H2,27,28,31). The molecule has 0 saturated heterocycles. The lowest BCUT2D eigenvalue weighted by Gasteiger charge is -2.18. The van der Waals surface area contributed by atoms with Gasteiger partial charge in [-0.2, -0.15) is 0 Å². The largest absolute Gasteiger partial charge is 0.399 e. The molecule has 10 heteroatoms. The number of pyridine rings is 1. The van der Waals surface area contributed by atoms with Crippen LogP contribution in [0.4, 0.5) is 21.6 Å². The van der Waals surface area contributed by atoms with Crippen molar-refractivity contribution in [2.75, 3.05) is 11.1 Å². The molecule has 2 heterocycles. The minimum atomic E-state index is -0.541. The van der Waals surface area contributed by atoms with Crippen LogP contribution in [0, 0.1) is 16.3 Å². The zero-order valence-electron chi connectivity index (χ0n) is 17.5. The molecule has 0 amide bonds. The molecule has 4 N–H and O–H groups in total. The molecule has 0 spiro atoms. The number of fused-ring (bicyclic) bond motifs is 1. The average Bonchev–Trinajstić information content (AvgIpc) is 3.58. The van der Waals surface area contributed by atoms with Crippen molar-refractivity contribution >= 4 is 50.7 Å². The Balaban J connectivity index is 1.91. The predicted molar refractivity (Wildman–Crippen MR) is 134 cm³/mol. The first-order valence-electron chi connectivity index (χ1n) is 10.3. The second-order valence-electron chi connectivity index (χ2n) is 8.05. The molecular formula is C23H19FIN5O3. The minimum Gasteiger partial charge on any atom is -0.399 e. The SMILES string of the molecule is Cc1c(=O)[nH]c(Nc2ccc(I)cc2F)c2c(=O)n(C3CC3)c(=O)n(-c3cccc(N)c3)c12. The number of hydrogen-bond acceptors (Lipinski definition) is 5. The van der Waals surface area contributed by atoms with Crippen molar-refractivity contribution < 1.29 is 4.39 Å². The van der Waals surface area contributed by atoms with Gasteiger partial charge in [-0.1, -0.05) is 6.07 Å². The Hall–Kier alpha value is -3.41. The van der Waals surface area contributed by atoms with E-state index in [1.807, 2.05) is 22.6 Å². The number of nitrogen functional groups attached to an aromatic ring is 1. The number of nitrogens with one attached hydrogen (secondary N) is 2. The Morgan fingerprint density at radius 2 is 1.91 bits per heavy atom. The van der Waals surface area contributed by atoms with Crippen molar-refractivity contribution in [3.05, 3.63) is 88.6 Å². The number of rotatable bonds is 4. The zero-order chi connectivity index (χ0) is 23.4. The van der Waals surface area contributed by atoms with Crippen LogP contribution >= 0.6 is 22.6 Å². The molecule has 2 aromatic carbocycles. The first-order valence-corrected chi connectivity index (χ1v) is 11.4. The van der Waals surface area contributed by atoms with E-state index in [-0.39, 0.29) is 34.0 Å². The number of hydrogen-bond donors (Lipinski definition) is 3. The predicted octanol–water partition coefficient (Wildman–Crippen LogP) is 3.55. The van der Waals surface area contributed by atoms with Gasteiger partial charge in [0.15, 0.2) is 0 Å². The number of H-pyrrole nitrogens is 1. The van der Waals surface area contributed by atoms with Gasteiger partial charge in [-0.15, -0.1) is 0 Å². The van der Waals surface area contributed by atoms with Crippen LogP contribution in [0.25, 0.3) is 16.6 Å². The normalized spacial score (nSPS) is 13.4. The molecule has 168 valence electrons. The Morgan fingerprint density at radius 3 is 2.58 bits per heavy atom. The number of benzene rings is 2. The van der Waals surface area contributed by atoms with Gasteiger partial charge in [-0.25, -0.2) is 9.18 Å². The van der Waals surface area contributed by atoms with Gasteiger partial charge in [0, 0.05) is 20.9 Å². The summed E-state index contributed by atoms with van der Waals surface area (Å²) in [5.74, 6) is -0.513. The fourth-order valence-electron chi connectivity index (χ4n) is 3.96. The van der Waals surface area contributed by atoms with E-state index in [0.29, 0.717) is 27.8 Å². The van der Waals surface area contributed by atoms with E-state index in [1.54, 1.807) is 37.3 Å². The maximum absolute atomic E-state index is 14.6. The van der Waals surface area contributed by atoms with Gasteiger partial charge in [0.25, 0.3) is 11.1 Å². The summed E-state index contributed by atoms with van der Waals surface area (Å²) in [5, 5.41) is 2.96. The molecule has 0 bridgehead atoms. The first kappa shape index (κ1) is 21.4. The van der Waals surface area contributed by atoms with E-state index in [1.165, 1.54) is 21.3 Å². The highest BCUT2D eigenvalue weighted by Gasteiger charge is 2.31. The van der Waals surface area contributed by atoms with E-state index >= 15 is 0 Å². The van der Waals surface area contributed by atoms with Crippen LogP contribution in [-0.4, -0.2) is 14.1 Å². The van der Waals surface area contributed by atoms with Crippen LogP contribution in [0.3, 0.4) is 0 Å². The van der Waals surface area contributed by atoms with Gasteiger partial charge >= 0.3 is 5.69 Å². The molecule has 0 atom stereocenters. The summed E-state index contributed by atoms with van der Waals surface area (Å²) in [6, 6.07) is 11.0. The summed E-state index contributed by atoms with van der Waals surface area (Å²) in [6.07, 6.45) is 1.41. The van der Waals surface area contributed by atoms with Gasteiger partial charge in [0.2, 0.25) is 0 Å². The molecule has 33 heavy (non-hydrogen) atoms. The number of anilines is 3. The molecule has 0 unspecified atom stereocenters. The lowest BCUT2D eigenvalue weighted by Crippen LogP contribution is -2.40. The highest BCUT2D eigenvalue weighted by atomic mass is 127. The summed E-state index contributed by atoms with van der Waals surface area (Å²) in [6.45, 7) is 1.54. The summed E-state index contributed by atoms with van der Waals surface area (Å²) < 4.78 is 17.8. The van der Waals surface area contributed by atoms with Gasteiger partial charge in [0.05, 0.1) is 16.9 Å². The fourth-order valence-corrected chi connectivity index (χ4v) is 4.41. The van der Waals surface area contributed by atoms with E-state index in [0.717, 1.165) is 0 Å². The molecule has 1 fully saturated rings. The molecule has 0 aliphatic heterocycles. The molecule has 0 radical (unpaired) electrons. The van der Waals surface area contributed by atoms with E-state index in [4.69, 9.17) is 5.73 Å². The van der Waals surface area contributed by atoms with Crippen molar-refractivity contribution in [2.24, 2.45) is 0 Å². The van der Waals surface area contributed by atoms with Crippen LogP contribution in [0.1, 0.15) is 24.4 Å². The van der Waals surface area contributed by atoms with Crippen LogP contribution < -0.4 is 27.9 Å². The maximum Gasteiger partial charge on any atom is 0.336 e. The van der Waals surface area contributed by atoms with Gasteiger partial charge in [-0.05, 0) is 78.8 Å². The van der Waals surface area contributed by atoms with Gasteiger partial charge in [-0.3, -0.25) is 18.7 Å². The molecular weight excluding hydrogens is 540 g/mol. The number of aryl methyl sites for hydroxylation is 1. The number of aromatic nitrogens is 3. The van der Waals surface area contributed by atoms with Crippen molar-refractivity contribution in [1.29, 1.82) is 0 Å². The first-order chi connectivity index (χ1) is 15.8. The van der Waals surface area contributed by atoms with Gasteiger partial charge < -0.3 is 16.0 Å². The third kappa shape index (κ3) is 3.63. The number of aromatic amines is 1. The maximum atomic E-state index is 14.6. The van der Waals surface area contributed by atoms with Crippen LogP contribution in [-0.2, 0) is 0 Å². The minimum absolute atomic E-state index is 0.0257. The van der Waals surface area contributed by atoms with Crippen molar-refractivity contribution in [3.8, 4) is 5.69 Å². The highest BCUT2D eigenvalue weighted by Crippen LogP contribution is 2.34. The second kappa shape index (κ2) is 7.87. The summed E-state index contributed by atoms with van der Waals surface area (Å²) >= 11 is 1.99. The van der Waals surface area contributed by atoms with Crippen LogP contribution in [0.2, 0.25) is 0 Å².